The Hall–Kier alpha value is -5.92. The number of carbonyl (C=O) groups excluding carboxylic acids is 4. The number of amides is 3. The number of likely N-dealkylation sites (tertiary alicyclic amines) is 2. The number of nitrogens with one attached hydrogen (secondary N) is 3. The average molecular weight is 1090 g/mol. The molecule has 3 atom stereocenters. The third-order valence-corrected chi connectivity index (χ3v) is 18.6. The predicted octanol–water partition coefficient (Wildman–Crippen LogP) is 10.8. The molecule has 2 unspecified atom stereocenters. The average Bonchev–Trinajstić information content (AvgIpc) is 4.26. The topological polar surface area (TPSA) is 173 Å². The second kappa shape index (κ2) is 24.2. The number of alkyl halides is 3. The number of halogens is 3. The Labute approximate surface area is 458 Å². The van der Waals surface area contributed by atoms with Gasteiger partial charge in [0.05, 0.1) is 43.0 Å². The van der Waals surface area contributed by atoms with E-state index in [2.05, 4.69) is 25.8 Å². The highest BCUT2D eigenvalue weighted by Crippen LogP contribution is 2.54. The first-order valence-electron chi connectivity index (χ1n) is 28.3. The SMILES string of the molecule is CNC(C)C(=O)NC(C(=O)N1CCC[C@H]1c1nc(C(=O)c2cccc(OCCCC3CC4(CCN(CC5CCC(n6cc7cc(NC(=O)c8cccc(C(F)(F)F)n8)c(OC)cc7n6)CC5)CC4)C3)c2)cs1)C1CCCCC1. The number of anilines is 1. The number of ketones is 1. The summed E-state index contributed by atoms with van der Waals surface area (Å²) in [4.78, 5) is 67.0. The fourth-order valence-electron chi connectivity index (χ4n) is 13.1. The fourth-order valence-corrected chi connectivity index (χ4v) is 14.0. The molecule has 5 heterocycles. The minimum Gasteiger partial charge on any atom is -0.494 e. The Morgan fingerprint density at radius 2 is 1.64 bits per heavy atom. The van der Waals surface area contributed by atoms with Gasteiger partial charge in [-0.25, -0.2) is 9.97 Å². The number of methoxy groups -OCH3 is 1. The maximum Gasteiger partial charge on any atom is 0.433 e. The molecule has 3 aliphatic carbocycles. The number of benzene rings is 2. The molecule has 78 heavy (non-hydrogen) atoms. The molecule has 5 fully saturated rings. The number of carbonyl (C=O) groups is 4. The summed E-state index contributed by atoms with van der Waals surface area (Å²) in [6.07, 6.45) is 15.5. The molecule has 2 aromatic carbocycles. The highest BCUT2D eigenvalue weighted by atomic mass is 32.1. The van der Waals surface area contributed by atoms with Gasteiger partial charge in [-0.2, -0.15) is 18.3 Å². The van der Waals surface area contributed by atoms with Gasteiger partial charge < -0.3 is 35.2 Å². The molecule has 10 rings (SSSR count). The summed E-state index contributed by atoms with van der Waals surface area (Å²) in [5.41, 5.74) is 0.930. The minimum atomic E-state index is -4.66. The monoisotopic (exact) mass is 1090 g/mol. The van der Waals surface area contributed by atoms with Crippen molar-refractivity contribution in [3.05, 3.63) is 93.8 Å². The molecule has 1 spiro atoms. The molecule has 5 aliphatic rings. The number of fused-ring (bicyclic) bond motifs is 1. The van der Waals surface area contributed by atoms with E-state index in [9.17, 15) is 32.3 Å². The molecule has 15 nitrogen and oxygen atoms in total. The van der Waals surface area contributed by atoms with Gasteiger partial charge in [0.2, 0.25) is 17.6 Å². The van der Waals surface area contributed by atoms with Crippen LogP contribution in [-0.4, -0.2) is 112 Å². The van der Waals surface area contributed by atoms with Gasteiger partial charge in [-0.15, -0.1) is 11.3 Å². The maximum atomic E-state index is 14.3. The second-order valence-electron chi connectivity index (χ2n) is 22.8. The Morgan fingerprint density at radius 3 is 2.38 bits per heavy atom. The van der Waals surface area contributed by atoms with Crippen LogP contribution in [0.4, 0.5) is 18.9 Å². The van der Waals surface area contributed by atoms with Crippen molar-refractivity contribution in [3.8, 4) is 11.5 Å². The van der Waals surface area contributed by atoms with Crippen LogP contribution in [0.5, 0.6) is 11.5 Å². The zero-order valence-corrected chi connectivity index (χ0v) is 45.9. The maximum absolute atomic E-state index is 14.3. The number of piperidine rings is 1. The summed E-state index contributed by atoms with van der Waals surface area (Å²) < 4.78 is 53.5. The lowest BCUT2D eigenvalue weighted by molar-refractivity contribution is -0.141. The fraction of sp³-hybridized carbons (Fsp3) is 0.576. The van der Waals surface area contributed by atoms with E-state index in [1.165, 1.54) is 50.2 Å². The van der Waals surface area contributed by atoms with Gasteiger partial charge >= 0.3 is 6.18 Å². The molecule has 19 heteroatoms. The number of ether oxygens (including phenoxy) is 2. The van der Waals surface area contributed by atoms with Gasteiger partial charge in [-0.05, 0) is 170 Å². The molecule has 2 aliphatic heterocycles. The standard InChI is InChI=1S/C59H74F3N9O6S/c1-37(63-2)54(73)67-52(40-12-5-4-6-13-40)57(75)70-25-9-17-49(70)56-66-48(36-78-56)53(72)41-14-7-15-44(29-41)77-28-10-11-39-32-58(33-39)23-26-69(27-24-58)34-38-19-21-43(22-20-38)71-35-42-30-47(50(76-3)31-46(42)68-71)65-55(74)45-16-8-18-51(64-45)59(60,61)62/h7-8,14-16,18,29-31,35-40,43,49,52,63H,4-6,9-13,17,19-28,32-34H2,1-3H3,(H,65,74)(H,67,73)/t37?,38?,43?,49-,52?/m0/s1. The van der Waals surface area contributed by atoms with Crippen molar-refractivity contribution in [2.24, 2.45) is 23.2 Å². The smallest absolute Gasteiger partial charge is 0.433 e. The Bertz CT molecular complexity index is 2920. The van der Waals surface area contributed by atoms with Crippen LogP contribution in [0.2, 0.25) is 0 Å². The normalized spacial score (nSPS) is 22.0. The second-order valence-corrected chi connectivity index (χ2v) is 23.7. The van der Waals surface area contributed by atoms with Gasteiger partial charge in [0.1, 0.15) is 39.6 Å². The zero-order chi connectivity index (χ0) is 54.6. The van der Waals surface area contributed by atoms with E-state index >= 15 is 0 Å². The summed E-state index contributed by atoms with van der Waals surface area (Å²) in [6.45, 7) is 6.43. The predicted molar refractivity (Wildman–Crippen MR) is 293 cm³/mol. The van der Waals surface area contributed by atoms with Crippen LogP contribution in [0, 0.1) is 23.2 Å². The van der Waals surface area contributed by atoms with E-state index < -0.39 is 29.9 Å². The number of nitrogens with zero attached hydrogens (tertiary/aromatic N) is 6. The summed E-state index contributed by atoms with van der Waals surface area (Å²) in [7, 11) is 3.22. The van der Waals surface area contributed by atoms with Crippen LogP contribution in [0.25, 0.3) is 10.9 Å². The number of hydrogen-bond acceptors (Lipinski definition) is 12. The number of rotatable bonds is 19. The highest BCUT2D eigenvalue weighted by molar-refractivity contribution is 7.10. The third kappa shape index (κ3) is 12.7. The zero-order valence-electron chi connectivity index (χ0n) is 45.1. The first-order valence-corrected chi connectivity index (χ1v) is 29.2. The Morgan fingerprint density at radius 1 is 0.872 bits per heavy atom. The van der Waals surface area contributed by atoms with E-state index in [0.717, 1.165) is 132 Å². The highest BCUT2D eigenvalue weighted by Gasteiger charge is 2.46. The Kier molecular flexibility index (Phi) is 17.2. The van der Waals surface area contributed by atoms with Crippen LogP contribution in [0.1, 0.15) is 165 Å². The number of aromatic nitrogens is 4. The van der Waals surface area contributed by atoms with Gasteiger partial charge in [-0.3, -0.25) is 23.9 Å². The largest absolute Gasteiger partial charge is 0.494 e. The van der Waals surface area contributed by atoms with Crippen molar-refractivity contribution < 1.29 is 41.8 Å². The summed E-state index contributed by atoms with van der Waals surface area (Å²) >= 11 is 1.42. The van der Waals surface area contributed by atoms with E-state index in [4.69, 9.17) is 19.6 Å². The van der Waals surface area contributed by atoms with Crippen molar-refractivity contribution in [1.82, 2.24) is 40.2 Å². The van der Waals surface area contributed by atoms with E-state index in [1.54, 1.807) is 37.6 Å². The van der Waals surface area contributed by atoms with Crippen LogP contribution in [0.15, 0.2) is 66.2 Å². The van der Waals surface area contributed by atoms with E-state index in [1.807, 2.05) is 34.0 Å². The van der Waals surface area contributed by atoms with Gasteiger partial charge in [0.25, 0.3) is 5.91 Å². The lowest BCUT2D eigenvalue weighted by Crippen LogP contribution is -2.55. The van der Waals surface area contributed by atoms with Crippen LogP contribution in [0.3, 0.4) is 0 Å². The molecular weight excluding hydrogens is 1020 g/mol. The van der Waals surface area contributed by atoms with Crippen molar-refractivity contribution in [2.75, 3.05) is 52.3 Å². The van der Waals surface area contributed by atoms with Gasteiger partial charge in [0.15, 0.2) is 0 Å². The molecule has 3 aromatic heterocycles. The quantitative estimate of drug-likeness (QED) is 0.0531. The molecule has 3 amide bonds. The number of pyridine rings is 1. The number of likely N-dealkylation sites (N-methyl/N-ethyl adjacent to an activating group) is 1. The molecule has 5 aromatic rings. The first-order chi connectivity index (χ1) is 37.7. The summed E-state index contributed by atoms with van der Waals surface area (Å²) in [6, 6.07) is 13.1. The number of hydrogen-bond donors (Lipinski definition) is 3. The lowest BCUT2D eigenvalue weighted by atomic mass is 9.56. The van der Waals surface area contributed by atoms with Crippen LogP contribution in [-0.2, 0) is 15.8 Å². The van der Waals surface area contributed by atoms with Crippen molar-refractivity contribution in [2.45, 2.75) is 146 Å². The Balaban J connectivity index is 0.634. The molecule has 2 saturated heterocycles. The van der Waals surface area contributed by atoms with Crippen molar-refractivity contribution >= 4 is 51.4 Å². The molecular formula is C59H74F3N9O6S. The first kappa shape index (κ1) is 55.4. The van der Waals surface area contributed by atoms with Crippen molar-refractivity contribution in [1.29, 1.82) is 0 Å². The summed E-state index contributed by atoms with van der Waals surface area (Å²) in [5.74, 6) is 1.35. The van der Waals surface area contributed by atoms with Crippen LogP contribution < -0.4 is 25.4 Å². The molecule has 3 saturated carbocycles. The molecule has 0 radical (unpaired) electrons. The summed E-state index contributed by atoms with van der Waals surface area (Å²) in [5, 5.41) is 17.0. The van der Waals surface area contributed by atoms with Crippen LogP contribution >= 0.6 is 11.3 Å². The van der Waals surface area contributed by atoms with Crippen molar-refractivity contribution in [3.63, 3.8) is 0 Å². The number of thiazole rings is 1. The third-order valence-electron chi connectivity index (χ3n) is 17.6. The minimum absolute atomic E-state index is 0.0443. The van der Waals surface area contributed by atoms with E-state index in [0.29, 0.717) is 58.4 Å². The molecule has 418 valence electrons. The van der Waals surface area contributed by atoms with Gasteiger partial charge in [0, 0.05) is 41.7 Å². The lowest BCUT2D eigenvalue weighted by Gasteiger charge is -2.53. The van der Waals surface area contributed by atoms with E-state index in [-0.39, 0.29) is 41.3 Å². The molecule has 0 bridgehead atoms. The van der Waals surface area contributed by atoms with Gasteiger partial charge in [-0.1, -0.05) is 37.5 Å². The molecule has 3 N–H and O–H groups in total.